The van der Waals surface area contributed by atoms with Crippen molar-refractivity contribution >= 4 is 11.6 Å². The van der Waals surface area contributed by atoms with Gasteiger partial charge in [-0.25, -0.2) is 4.68 Å². The Morgan fingerprint density at radius 1 is 1.28 bits per heavy atom. The maximum absolute atomic E-state index is 12.4. The first-order chi connectivity index (χ1) is 8.41. The molecule has 0 bridgehead atoms. The molecule has 1 aromatic carbocycles. The first kappa shape index (κ1) is 12.5. The maximum Gasteiger partial charge on any atom is 0.435 e. The van der Waals surface area contributed by atoms with Gasteiger partial charge in [0.05, 0.1) is 11.3 Å². The fourth-order valence-corrected chi connectivity index (χ4v) is 1.56. The third kappa shape index (κ3) is 2.31. The number of rotatable bonds is 1. The van der Waals surface area contributed by atoms with Gasteiger partial charge in [0.15, 0.2) is 5.69 Å². The predicted octanol–water partition coefficient (Wildman–Crippen LogP) is 3.42. The molecule has 92 valence electrons. The Balaban J connectivity index is 2.53. The van der Waals surface area contributed by atoms with Gasteiger partial charge in [0, 0.05) is 11.2 Å². The van der Waals surface area contributed by atoms with E-state index in [0.29, 0.717) is 5.02 Å². The Morgan fingerprint density at radius 2 is 2.00 bits per heavy atom. The minimum absolute atomic E-state index is 0.191. The minimum Gasteiger partial charge on any atom is -0.239 e. The molecule has 0 saturated carbocycles. The highest BCUT2D eigenvalue weighted by molar-refractivity contribution is 6.30. The third-order valence-corrected chi connectivity index (χ3v) is 2.44. The van der Waals surface area contributed by atoms with Crippen molar-refractivity contribution in [3.05, 3.63) is 46.7 Å². The molecule has 0 aliphatic carbocycles. The normalized spacial score (nSPS) is 11.3. The van der Waals surface area contributed by atoms with Gasteiger partial charge in [-0.2, -0.15) is 23.5 Å². The van der Waals surface area contributed by atoms with Crippen LogP contribution >= 0.6 is 11.6 Å². The summed E-state index contributed by atoms with van der Waals surface area (Å²) >= 11 is 5.75. The van der Waals surface area contributed by atoms with Crippen molar-refractivity contribution < 1.29 is 13.2 Å². The molecule has 0 saturated heterocycles. The average Bonchev–Trinajstić information content (AvgIpc) is 2.77. The van der Waals surface area contributed by atoms with E-state index in [1.165, 1.54) is 18.2 Å². The summed E-state index contributed by atoms with van der Waals surface area (Å²) in [4.78, 5) is 0. The molecule has 1 heterocycles. The van der Waals surface area contributed by atoms with Crippen molar-refractivity contribution in [1.29, 1.82) is 5.26 Å². The first-order valence-electron chi connectivity index (χ1n) is 4.74. The van der Waals surface area contributed by atoms with Crippen LogP contribution in [0.3, 0.4) is 0 Å². The van der Waals surface area contributed by atoms with Crippen LogP contribution in [0.5, 0.6) is 0 Å². The monoisotopic (exact) mass is 271 g/mol. The van der Waals surface area contributed by atoms with E-state index in [1.54, 1.807) is 0 Å². The molecule has 0 atom stereocenters. The molecule has 3 nitrogen and oxygen atoms in total. The van der Waals surface area contributed by atoms with E-state index in [4.69, 9.17) is 16.9 Å². The number of benzene rings is 1. The van der Waals surface area contributed by atoms with E-state index >= 15 is 0 Å². The van der Waals surface area contributed by atoms with Crippen molar-refractivity contribution in [1.82, 2.24) is 9.78 Å². The van der Waals surface area contributed by atoms with E-state index in [2.05, 4.69) is 5.10 Å². The molecule has 2 aromatic rings. The lowest BCUT2D eigenvalue weighted by Gasteiger charge is -2.05. The topological polar surface area (TPSA) is 41.6 Å². The molecule has 0 radical (unpaired) electrons. The molecule has 2 rings (SSSR count). The molecule has 0 aliphatic rings. The van der Waals surface area contributed by atoms with Gasteiger partial charge in [-0.1, -0.05) is 11.6 Å². The largest absolute Gasteiger partial charge is 0.435 e. The number of halogens is 4. The molecular formula is C11H5ClF3N3. The lowest BCUT2D eigenvalue weighted by Crippen LogP contribution is -2.07. The predicted molar refractivity (Wildman–Crippen MR) is 58.3 cm³/mol. The summed E-state index contributed by atoms with van der Waals surface area (Å²) in [7, 11) is 0. The zero-order valence-corrected chi connectivity index (χ0v) is 9.50. The second kappa shape index (κ2) is 4.35. The molecule has 0 N–H and O–H groups in total. The van der Waals surface area contributed by atoms with Crippen LogP contribution in [0.15, 0.2) is 30.5 Å². The molecule has 0 spiro atoms. The molecule has 0 aliphatic heterocycles. The van der Waals surface area contributed by atoms with Gasteiger partial charge >= 0.3 is 6.18 Å². The smallest absolute Gasteiger partial charge is 0.239 e. The van der Waals surface area contributed by atoms with E-state index in [9.17, 15) is 13.2 Å². The maximum atomic E-state index is 12.4. The lowest BCUT2D eigenvalue weighted by molar-refractivity contribution is -0.141. The van der Waals surface area contributed by atoms with Crippen LogP contribution in [0.1, 0.15) is 11.3 Å². The van der Waals surface area contributed by atoms with Gasteiger partial charge in [-0.05, 0) is 24.3 Å². The second-order valence-electron chi connectivity index (χ2n) is 3.42. The summed E-state index contributed by atoms with van der Waals surface area (Å²) in [6, 6.07) is 6.99. The zero-order valence-electron chi connectivity index (χ0n) is 8.74. The van der Waals surface area contributed by atoms with Gasteiger partial charge in [0.25, 0.3) is 0 Å². The molecule has 18 heavy (non-hydrogen) atoms. The van der Waals surface area contributed by atoms with Crippen molar-refractivity contribution in [2.75, 3.05) is 0 Å². The number of aromatic nitrogens is 2. The summed E-state index contributed by atoms with van der Waals surface area (Å²) in [5, 5.41) is 12.6. The van der Waals surface area contributed by atoms with Gasteiger partial charge in [-0.15, -0.1) is 0 Å². The fourth-order valence-electron chi connectivity index (χ4n) is 1.40. The lowest BCUT2D eigenvalue weighted by atomic mass is 10.2. The molecule has 0 fully saturated rings. The standard InChI is InChI=1S/C11H5ClF3N3/c12-8-2-1-7(6-16)9(5-8)18-4-3-10(17-18)11(13,14)15/h1-5H. The van der Waals surface area contributed by atoms with Crippen LogP contribution in [-0.2, 0) is 6.18 Å². The summed E-state index contributed by atoms with van der Waals surface area (Å²) in [6.45, 7) is 0. The van der Waals surface area contributed by atoms with Gasteiger partial charge in [-0.3, -0.25) is 0 Å². The van der Waals surface area contributed by atoms with Gasteiger partial charge in [0.2, 0.25) is 0 Å². The molecule has 7 heteroatoms. The number of nitrogens with zero attached hydrogens (tertiary/aromatic N) is 3. The average molecular weight is 272 g/mol. The Hall–Kier alpha value is -2.00. The molecule has 0 unspecified atom stereocenters. The van der Waals surface area contributed by atoms with Crippen LogP contribution < -0.4 is 0 Å². The Morgan fingerprint density at radius 3 is 2.56 bits per heavy atom. The number of nitriles is 1. The van der Waals surface area contributed by atoms with E-state index in [-0.39, 0.29) is 11.3 Å². The minimum atomic E-state index is -4.52. The highest BCUT2D eigenvalue weighted by atomic mass is 35.5. The van der Waals surface area contributed by atoms with Crippen LogP contribution in [0.2, 0.25) is 5.02 Å². The second-order valence-corrected chi connectivity index (χ2v) is 3.85. The fraction of sp³-hybridized carbons (Fsp3) is 0.0909. The van der Waals surface area contributed by atoms with Crippen LogP contribution in [0.25, 0.3) is 5.69 Å². The van der Waals surface area contributed by atoms with Crippen molar-refractivity contribution in [3.63, 3.8) is 0 Å². The van der Waals surface area contributed by atoms with E-state index in [0.717, 1.165) is 16.9 Å². The molecule has 0 amide bonds. The molecule has 1 aromatic heterocycles. The van der Waals surface area contributed by atoms with Crippen molar-refractivity contribution in [3.8, 4) is 11.8 Å². The number of alkyl halides is 3. The Labute approximate surface area is 105 Å². The van der Waals surface area contributed by atoms with Gasteiger partial charge in [0.1, 0.15) is 6.07 Å². The quantitative estimate of drug-likeness (QED) is 0.797. The number of hydrogen-bond acceptors (Lipinski definition) is 2. The Bertz CT molecular complexity index is 625. The van der Waals surface area contributed by atoms with Crippen LogP contribution in [0, 0.1) is 11.3 Å². The van der Waals surface area contributed by atoms with E-state index < -0.39 is 11.9 Å². The highest BCUT2D eigenvalue weighted by Crippen LogP contribution is 2.28. The summed E-state index contributed by atoms with van der Waals surface area (Å²) in [5.41, 5.74) is -0.622. The summed E-state index contributed by atoms with van der Waals surface area (Å²) in [5.74, 6) is 0. The van der Waals surface area contributed by atoms with Crippen molar-refractivity contribution in [2.24, 2.45) is 0 Å². The molecular weight excluding hydrogens is 267 g/mol. The van der Waals surface area contributed by atoms with Crippen LogP contribution in [-0.4, -0.2) is 9.78 Å². The van der Waals surface area contributed by atoms with Gasteiger partial charge < -0.3 is 0 Å². The zero-order chi connectivity index (χ0) is 13.3. The summed E-state index contributed by atoms with van der Waals surface area (Å²) in [6.07, 6.45) is -3.38. The SMILES string of the molecule is N#Cc1ccc(Cl)cc1-n1ccc(C(F)(F)F)n1. The van der Waals surface area contributed by atoms with Crippen molar-refractivity contribution in [2.45, 2.75) is 6.18 Å². The highest BCUT2D eigenvalue weighted by Gasteiger charge is 2.33. The summed E-state index contributed by atoms with van der Waals surface area (Å²) < 4.78 is 38.2. The number of hydrogen-bond donors (Lipinski definition) is 0. The van der Waals surface area contributed by atoms with E-state index in [1.807, 2.05) is 6.07 Å². The van der Waals surface area contributed by atoms with Crippen LogP contribution in [0.4, 0.5) is 13.2 Å². The Kier molecular flexibility index (Phi) is 3.01. The first-order valence-corrected chi connectivity index (χ1v) is 5.12. The third-order valence-electron chi connectivity index (χ3n) is 2.21.